The Kier molecular flexibility index (Phi) is 4.51. The van der Waals surface area contributed by atoms with Crippen LogP contribution in [-0.4, -0.2) is 38.4 Å². The third-order valence-electron chi connectivity index (χ3n) is 5.43. The SMILES string of the molecule is CNC(=O)c1ccc(C2CCCCN2Cc2cnc3ccccn23)n1C. The molecule has 1 aliphatic rings. The minimum Gasteiger partial charge on any atom is -0.354 e. The Hall–Kier alpha value is -2.60. The largest absolute Gasteiger partial charge is 0.354 e. The van der Waals surface area contributed by atoms with Crippen molar-refractivity contribution in [1.82, 2.24) is 24.2 Å². The van der Waals surface area contributed by atoms with Gasteiger partial charge in [-0.1, -0.05) is 12.5 Å². The van der Waals surface area contributed by atoms with E-state index in [4.69, 9.17) is 0 Å². The van der Waals surface area contributed by atoms with E-state index in [2.05, 4.69) is 31.9 Å². The maximum absolute atomic E-state index is 12.1. The summed E-state index contributed by atoms with van der Waals surface area (Å²) >= 11 is 0. The first-order valence-electron chi connectivity index (χ1n) is 9.21. The minimum absolute atomic E-state index is 0.0390. The van der Waals surface area contributed by atoms with Gasteiger partial charge in [-0.05, 0) is 43.7 Å². The lowest BCUT2D eigenvalue weighted by Crippen LogP contribution is -2.34. The maximum Gasteiger partial charge on any atom is 0.267 e. The van der Waals surface area contributed by atoms with E-state index in [1.54, 1.807) is 7.05 Å². The number of nitrogens with one attached hydrogen (secondary N) is 1. The molecule has 0 saturated carbocycles. The van der Waals surface area contributed by atoms with Gasteiger partial charge in [-0.15, -0.1) is 0 Å². The Balaban J connectivity index is 1.63. The number of piperidine rings is 1. The number of imidazole rings is 1. The molecule has 0 radical (unpaired) electrons. The highest BCUT2D eigenvalue weighted by Crippen LogP contribution is 2.33. The molecule has 136 valence electrons. The maximum atomic E-state index is 12.1. The fourth-order valence-electron chi connectivity index (χ4n) is 4.04. The van der Waals surface area contributed by atoms with Crippen molar-refractivity contribution in [3.63, 3.8) is 0 Å². The van der Waals surface area contributed by atoms with Crippen LogP contribution in [0.3, 0.4) is 0 Å². The molecule has 26 heavy (non-hydrogen) atoms. The van der Waals surface area contributed by atoms with E-state index in [9.17, 15) is 4.79 Å². The van der Waals surface area contributed by atoms with Gasteiger partial charge in [-0.25, -0.2) is 4.98 Å². The average molecular weight is 351 g/mol. The Labute approximate surface area is 153 Å². The van der Waals surface area contributed by atoms with Gasteiger partial charge in [0.25, 0.3) is 5.91 Å². The van der Waals surface area contributed by atoms with Crippen LogP contribution in [0.25, 0.3) is 5.65 Å². The molecule has 4 heterocycles. The van der Waals surface area contributed by atoms with Gasteiger partial charge < -0.3 is 14.3 Å². The molecule has 4 rings (SSSR count). The fraction of sp³-hybridized carbons (Fsp3) is 0.400. The molecule has 1 aliphatic heterocycles. The second-order valence-corrected chi connectivity index (χ2v) is 6.94. The molecule has 6 heteroatoms. The molecule has 3 aromatic heterocycles. The lowest BCUT2D eigenvalue weighted by Gasteiger charge is -2.36. The molecule has 6 nitrogen and oxygen atoms in total. The van der Waals surface area contributed by atoms with Crippen LogP contribution in [0.1, 0.15) is 47.2 Å². The Bertz CT molecular complexity index is 925. The van der Waals surface area contributed by atoms with Gasteiger partial charge in [0.05, 0.1) is 17.9 Å². The molecular weight excluding hydrogens is 326 g/mol. The third-order valence-corrected chi connectivity index (χ3v) is 5.43. The zero-order valence-corrected chi connectivity index (χ0v) is 15.4. The minimum atomic E-state index is -0.0390. The lowest BCUT2D eigenvalue weighted by atomic mass is 9.99. The van der Waals surface area contributed by atoms with E-state index < -0.39 is 0 Å². The van der Waals surface area contributed by atoms with Gasteiger partial charge >= 0.3 is 0 Å². The second kappa shape index (κ2) is 6.96. The van der Waals surface area contributed by atoms with Gasteiger partial charge in [-0.2, -0.15) is 0 Å². The van der Waals surface area contributed by atoms with Crippen LogP contribution in [-0.2, 0) is 13.6 Å². The molecule has 0 aliphatic carbocycles. The molecule has 1 unspecified atom stereocenters. The number of fused-ring (bicyclic) bond motifs is 1. The molecule has 1 fully saturated rings. The number of amides is 1. The van der Waals surface area contributed by atoms with Gasteiger partial charge in [0.15, 0.2) is 0 Å². The number of hydrogen-bond donors (Lipinski definition) is 1. The third kappa shape index (κ3) is 2.90. The quantitative estimate of drug-likeness (QED) is 0.786. The summed E-state index contributed by atoms with van der Waals surface area (Å²) in [5.41, 5.74) is 4.10. The number of aromatic nitrogens is 3. The first-order chi connectivity index (χ1) is 12.7. The summed E-state index contributed by atoms with van der Waals surface area (Å²) in [6.07, 6.45) is 7.58. The first kappa shape index (κ1) is 16.8. The summed E-state index contributed by atoms with van der Waals surface area (Å²) in [7, 11) is 3.66. The standard InChI is InChI=1S/C20H25N5O/c1-21-20(26)18-10-9-16(23(18)2)17-7-3-5-11-24(17)14-15-13-22-19-8-4-6-12-25(15)19/h4,6,8-10,12-13,17H,3,5,7,11,14H2,1-2H3,(H,21,26). The topological polar surface area (TPSA) is 54.6 Å². The van der Waals surface area contributed by atoms with Crippen LogP contribution < -0.4 is 5.32 Å². The Morgan fingerprint density at radius 1 is 1.27 bits per heavy atom. The lowest BCUT2D eigenvalue weighted by molar-refractivity contribution is 0.0952. The molecule has 0 aromatic carbocycles. The Morgan fingerprint density at radius 3 is 3.00 bits per heavy atom. The van der Waals surface area contributed by atoms with Crippen molar-refractivity contribution in [2.24, 2.45) is 7.05 Å². The van der Waals surface area contributed by atoms with Crippen molar-refractivity contribution in [2.45, 2.75) is 31.8 Å². The predicted molar refractivity (Wildman–Crippen MR) is 101 cm³/mol. The van der Waals surface area contributed by atoms with Gasteiger partial charge in [0.2, 0.25) is 0 Å². The predicted octanol–water partition coefficient (Wildman–Crippen LogP) is 2.76. The highest BCUT2D eigenvalue weighted by molar-refractivity contribution is 5.92. The van der Waals surface area contributed by atoms with Crippen LogP contribution in [0.15, 0.2) is 42.7 Å². The fourth-order valence-corrected chi connectivity index (χ4v) is 4.04. The second-order valence-electron chi connectivity index (χ2n) is 6.94. The molecule has 1 atom stereocenters. The molecule has 1 N–H and O–H groups in total. The molecule has 0 bridgehead atoms. The number of carbonyl (C=O) groups excluding carboxylic acids is 1. The summed E-state index contributed by atoms with van der Waals surface area (Å²) in [4.78, 5) is 19.1. The van der Waals surface area contributed by atoms with Crippen LogP contribution in [0, 0.1) is 0 Å². The molecular formula is C20H25N5O. The zero-order chi connectivity index (χ0) is 18.1. The number of carbonyl (C=O) groups is 1. The van der Waals surface area contributed by atoms with Gasteiger partial charge in [-0.3, -0.25) is 9.69 Å². The number of nitrogens with zero attached hydrogens (tertiary/aromatic N) is 4. The van der Waals surface area contributed by atoms with Crippen molar-refractivity contribution in [1.29, 1.82) is 0 Å². The molecule has 1 saturated heterocycles. The average Bonchev–Trinajstić information content (AvgIpc) is 3.26. The molecule has 0 spiro atoms. The monoisotopic (exact) mass is 351 g/mol. The molecule has 3 aromatic rings. The highest BCUT2D eigenvalue weighted by Gasteiger charge is 2.28. The number of pyridine rings is 1. The van der Waals surface area contributed by atoms with Gasteiger partial charge in [0, 0.05) is 32.5 Å². The van der Waals surface area contributed by atoms with Crippen molar-refractivity contribution in [3.8, 4) is 0 Å². The number of hydrogen-bond acceptors (Lipinski definition) is 3. The van der Waals surface area contributed by atoms with Gasteiger partial charge in [0.1, 0.15) is 11.3 Å². The van der Waals surface area contributed by atoms with E-state index in [1.807, 2.05) is 42.1 Å². The number of rotatable bonds is 4. The van der Waals surface area contributed by atoms with E-state index in [0.29, 0.717) is 11.7 Å². The highest BCUT2D eigenvalue weighted by atomic mass is 16.1. The number of likely N-dealkylation sites (tertiary alicyclic amines) is 1. The van der Waals surface area contributed by atoms with E-state index >= 15 is 0 Å². The van der Waals surface area contributed by atoms with Crippen molar-refractivity contribution < 1.29 is 4.79 Å². The summed E-state index contributed by atoms with van der Waals surface area (Å²) < 4.78 is 4.20. The summed E-state index contributed by atoms with van der Waals surface area (Å²) in [6, 6.07) is 10.4. The smallest absolute Gasteiger partial charge is 0.267 e. The first-order valence-corrected chi connectivity index (χ1v) is 9.21. The van der Waals surface area contributed by atoms with Crippen molar-refractivity contribution in [3.05, 3.63) is 59.8 Å². The van der Waals surface area contributed by atoms with E-state index in [-0.39, 0.29) is 5.91 Å². The summed E-state index contributed by atoms with van der Waals surface area (Å²) in [5.74, 6) is -0.0390. The van der Waals surface area contributed by atoms with E-state index in [1.165, 1.54) is 24.2 Å². The summed E-state index contributed by atoms with van der Waals surface area (Å²) in [6.45, 7) is 1.92. The Morgan fingerprint density at radius 2 is 2.15 bits per heavy atom. The van der Waals surface area contributed by atoms with Crippen LogP contribution in [0.4, 0.5) is 0 Å². The van der Waals surface area contributed by atoms with Crippen LogP contribution in [0.2, 0.25) is 0 Å². The van der Waals surface area contributed by atoms with Crippen molar-refractivity contribution in [2.75, 3.05) is 13.6 Å². The summed E-state index contributed by atoms with van der Waals surface area (Å²) in [5, 5.41) is 2.72. The zero-order valence-electron chi connectivity index (χ0n) is 15.4. The van der Waals surface area contributed by atoms with Crippen molar-refractivity contribution >= 4 is 11.6 Å². The molecule has 1 amide bonds. The normalized spacial score (nSPS) is 18.3. The van der Waals surface area contributed by atoms with Crippen LogP contribution >= 0.6 is 0 Å². The van der Waals surface area contributed by atoms with E-state index in [0.717, 1.165) is 25.2 Å². The van der Waals surface area contributed by atoms with Crippen LogP contribution in [0.5, 0.6) is 0 Å².